The van der Waals surface area contributed by atoms with Gasteiger partial charge in [0.2, 0.25) is 5.89 Å². The molecule has 5 aromatic rings. The lowest BCUT2D eigenvalue weighted by Gasteiger charge is -2.07. The highest BCUT2D eigenvalue weighted by Crippen LogP contribution is 2.29. The zero-order valence-corrected chi connectivity index (χ0v) is 18.2. The van der Waals surface area contributed by atoms with Crippen molar-refractivity contribution in [2.24, 2.45) is 0 Å². The fourth-order valence-corrected chi connectivity index (χ4v) is 3.80. The van der Waals surface area contributed by atoms with E-state index in [1.807, 2.05) is 48.5 Å². The Labute approximate surface area is 194 Å². The summed E-state index contributed by atoms with van der Waals surface area (Å²) in [7, 11) is 0. The molecule has 0 spiro atoms. The van der Waals surface area contributed by atoms with Gasteiger partial charge >= 0.3 is 0 Å². The summed E-state index contributed by atoms with van der Waals surface area (Å²) in [4.78, 5) is 17.2. The van der Waals surface area contributed by atoms with Gasteiger partial charge in [0, 0.05) is 16.3 Å². The van der Waals surface area contributed by atoms with E-state index in [2.05, 4.69) is 22.4 Å². The van der Waals surface area contributed by atoms with Crippen LogP contribution in [-0.2, 0) is 0 Å². The molecule has 1 aromatic heterocycles. The summed E-state index contributed by atoms with van der Waals surface area (Å²) in [6.07, 6.45) is 0. The predicted molar refractivity (Wildman–Crippen MR) is 129 cm³/mol. The average molecular weight is 459 g/mol. The topological polar surface area (TPSA) is 55.1 Å². The molecule has 0 bridgehead atoms. The Kier molecular flexibility index (Phi) is 5.39. The second-order valence-electron chi connectivity index (χ2n) is 7.22. The van der Waals surface area contributed by atoms with E-state index in [0.29, 0.717) is 32.8 Å². The van der Waals surface area contributed by atoms with Crippen molar-refractivity contribution >= 4 is 45.9 Å². The van der Waals surface area contributed by atoms with Crippen LogP contribution in [0.2, 0.25) is 10.0 Å². The number of nitrogens with zero attached hydrogens (tertiary/aromatic N) is 1. The normalized spacial score (nSPS) is 10.9. The molecular weight excluding hydrogens is 443 g/mol. The maximum atomic E-state index is 12.5. The molecular formula is C26H16Cl2N2O2. The number of carbonyl (C=O) groups is 1. The Morgan fingerprint density at radius 2 is 1.53 bits per heavy atom. The number of hydrogen-bond acceptors (Lipinski definition) is 3. The van der Waals surface area contributed by atoms with E-state index >= 15 is 0 Å². The third kappa shape index (κ3) is 4.11. The van der Waals surface area contributed by atoms with Crippen LogP contribution in [0.15, 0.2) is 95.4 Å². The van der Waals surface area contributed by atoms with E-state index in [-0.39, 0.29) is 5.91 Å². The summed E-state index contributed by atoms with van der Waals surface area (Å²) < 4.78 is 5.93. The lowest BCUT2D eigenvalue weighted by molar-refractivity contribution is 0.102. The van der Waals surface area contributed by atoms with Crippen LogP contribution < -0.4 is 5.32 Å². The fraction of sp³-hybridized carbons (Fsp3) is 0. The van der Waals surface area contributed by atoms with Gasteiger partial charge in [-0.1, -0.05) is 59.6 Å². The molecule has 0 aliphatic rings. The van der Waals surface area contributed by atoms with Crippen molar-refractivity contribution < 1.29 is 9.21 Å². The Hall–Kier alpha value is -3.60. The van der Waals surface area contributed by atoms with Crippen LogP contribution in [0.1, 0.15) is 10.4 Å². The van der Waals surface area contributed by atoms with Crippen LogP contribution in [-0.4, -0.2) is 10.9 Å². The van der Waals surface area contributed by atoms with Gasteiger partial charge in [0.15, 0.2) is 5.58 Å². The zero-order valence-electron chi connectivity index (χ0n) is 16.7. The lowest BCUT2D eigenvalue weighted by Crippen LogP contribution is -2.12. The first kappa shape index (κ1) is 20.3. The van der Waals surface area contributed by atoms with E-state index in [0.717, 1.165) is 22.2 Å². The van der Waals surface area contributed by atoms with Gasteiger partial charge in [-0.05, 0) is 65.7 Å². The highest BCUT2D eigenvalue weighted by Gasteiger charge is 2.13. The summed E-state index contributed by atoms with van der Waals surface area (Å²) >= 11 is 12.1. The van der Waals surface area contributed by atoms with E-state index in [1.54, 1.807) is 24.3 Å². The molecule has 4 nitrogen and oxygen atoms in total. The molecule has 0 aliphatic heterocycles. The summed E-state index contributed by atoms with van der Waals surface area (Å²) in [5.74, 6) is 0.182. The largest absolute Gasteiger partial charge is 0.436 e. The van der Waals surface area contributed by atoms with Gasteiger partial charge in [-0.15, -0.1) is 0 Å². The minimum absolute atomic E-state index is 0.316. The lowest BCUT2D eigenvalue weighted by atomic mass is 10.1. The van der Waals surface area contributed by atoms with E-state index in [9.17, 15) is 4.79 Å². The minimum Gasteiger partial charge on any atom is -0.436 e. The van der Waals surface area contributed by atoms with Crippen LogP contribution in [0, 0.1) is 0 Å². The van der Waals surface area contributed by atoms with Gasteiger partial charge in [-0.25, -0.2) is 4.98 Å². The van der Waals surface area contributed by atoms with Gasteiger partial charge in [0.1, 0.15) is 5.52 Å². The maximum Gasteiger partial charge on any atom is 0.257 e. The molecule has 0 saturated heterocycles. The van der Waals surface area contributed by atoms with E-state index < -0.39 is 0 Å². The standard InChI is InChI=1S/C26H16Cl2N2O2/c27-19-9-12-22(28)21(15-19)25(31)29-20-10-6-17(7-11-20)26-30-23-14-18(8-13-24(23)32-26)16-4-2-1-3-5-16/h1-15H,(H,29,31). The van der Waals surface area contributed by atoms with Crippen molar-refractivity contribution in [2.45, 2.75) is 0 Å². The molecule has 5 rings (SSSR count). The third-order valence-corrected chi connectivity index (χ3v) is 5.62. The van der Waals surface area contributed by atoms with Crippen LogP contribution in [0.25, 0.3) is 33.7 Å². The predicted octanol–water partition coefficient (Wildman–Crippen LogP) is 7.72. The van der Waals surface area contributed by atoms with Crippen molar-refractivity contribution in [1.82, 2.24) is 4.98 Å². The highest BCUT2D eigenvalue weighted by molar-refractivity contribution is 6.36. The number of nitrogens with one attached hydrogen (secondary N) is 1. The monoisotopic (exact) mass is 458 g/mol. The first-order chi connectivity index (χ1) is 15.6. The zero-order chi connectivity index (χ0) is 22.1. The van der Waals surface area contributed by atoms with E-state index in [4.69, 9.17) is 27.6 Å². The summed E-state index contributed by atoms with van der Waals surface area (Å²) in [6.45, 7) is 0. The van der Waals surface area contributed by atoms with Gasteiger partial charge in [-0.2, -0.15) is 0 Å². The molecule has 6 heteroatoms. The van der Waals surface area contributed by atoms with Crippen molar-refractivity contribution in [3.8, 4) is 22.6 Å². The Morgan fingerprint density at radius 1 is 0.781 bits per heavy atom. The second-order valence-corrected chi connectivity index (χ2v) is 8.07. The van der Waals surface area contributed by atoms with Crippen LogP contribution >= 0.6 is 23.2 Å². The first-order valence-electron chi connectivity index (χ1n) is 9.90. The number of oxazole rings is 1. The quantitative estimate of drug-likeness (QED) is 0.299. The van der Waals surface area contributed by atoms with Crippen LogP contribution in [0.5, 0.6) is 0 Å². The molecule has 1 N–H and O–H groups in total. The second kappa shape index (κ2) is 8.50. The molecule has 0 unspecified atom stereocenters. The SMILES string of the molecule is O=C(Nc1ccc(-c2nc3cc(-c4ccccc4)ccc3o2)cc1)c1cc(Cl)ccc1Cl. The first-order valence-corrected chi connectivity index (χ1v) is 10.7. The van der Waals surface area contributed by atoms with Crippen molar-refractivity contribution in [3.05, 3.63) is 107 Å². The number of benzene rings is 4. The summed E-state index contributed by atoms with van der Waals surface area (Å²) in [5, 5.41) is 3.61. The molecule has 1 amide bonds. The fourth-order valence-electron chi connectivity index (χ4n) is 3.43. The van der Waals surface area contributed by atoms with Crippen LogP contribution in [0.3, 0.4) is 0 Å². The highest BCUT2D eigenvalue weighted by atomic mass is 35.5. The minimum atomic E-state index is -0.333. The molecule has 0 fully saturated rings. The number of hydrogen-bond donors (Lipinski definition) is 1. The Balaban J connectivity index is 1.37. The number of fused-ring (bicyclic) bond motifs is 1. The Morgan fingerprint density at radius 3 is 2.31 bits per heavy atom. The van der Waals surface area contributed by atoms with Gasteiger partial charge in [-0.3, -0.25) is 4.79 Å². The van der Waals surface area contributed by atoms with Crippen molar-refractivity contribution in [1.29, 1.82) is 0 Å². The molecule has 1 heterocycles. The van der Waals surface area contributed by atoms with E-state index in [1.165, 1.54) is 6.07 Å². The number of rotatable bonds is 4. The molecule has 0 radical (unpaired) electrons. The molecule has 0 saturated carbocycles. The smallest absolute Gasteiger partial charge is 0.257 e. The number of halogens is 2. The summed E-state index contributed by atoms with van der Waals surface area (Å²) in [5.41, 5.74) is 5.45. The van der Waals surface area contributed by atoms with Gasteiger partial charge in [0.05, 0.1) is 10.6 Å². The molecule has 156 valence electrons. The number of anilines is 1. The van der Waals surface area contributed by atoms with Crippen molar-refractivity contribution in [3.63, 3.8) is 0 Å². The number of carbonyl (C=O) groups excluding carboxylic acids is 1. The average Bonchev–Trinajstić information content (AvgIpc) is 3.25. The maximum absolute atomic E-state index is 12.5. The number of amides is 1. The Bertz CT molecular complexity index is 1430. The van der Waals surface area contributed by atoms with Crippen molar-refractivity contribution in [2.75, 3.05) is 5.32 Å². The third-order valence-electron chi connectivity index (χ3n) is 5.06. The van der Waals surface area contributed by atoms with Gasteiger partial charge < -0.3 is 9.73 Å². The molecule has 0 aliphatic carbocycles. The summed E-state index contributed by atoms with van der Waals surface area (Å²) in [6, 6.07) is 28.1. The molecule has 4 aromatic carbocycles. The number of aromatic nitrogens is 1. The molecule has 0 atom stereocenters. The van der Waals surface area contributed by atoms with Crippen LogP contribution in [0.4, 0.5) is 5.69 Å². The van der Waals surface area contributed by atoms with Gasteiger partial charge in [0.25, 0.3) is 5.91 Å². The molecule has 32 heavy (non-hydrogen) atoms.